The molecule has 0 saturated heterocycles. The highest BCUT2D eigenvalue weighted by Crippen LogP contribution is 2.36. The van der Waals surface area contributed by atoms with Gasteiger partial charge in [-0.3, -0.25) is 0 Å². The van der Waals surface area contributed by atoms with Crippen molar-refractivity contribution in [3.63, 3.8) is 0 Å². The van der Waals surface area contributed by atoms with Gasteiger partial charge in [-0.1, -0.05) is 27.7 Å². The van der Waals surface area contributed by atoms with Gasteiger partial charge in [-0.25, -0.2) is 0 Å². The van der Waals surface area contributed by atoms with Crippen molar-refractivity contribution in [1.82, 2.24) is 0 Å². The van der Waals surface area contributed by atoms with E-state index in [1.165, 1.54) is 0 Å². The molecule has 0 bridgehead atoms. The third kappa shape index (κ3) is 3.44. The smallest absolute Gasteiger partial charge is 0.160 e. The normalized spacial score (nSPS) is 8.50. The molecule has 0 aromatic heterocycles. The fourth-order valence-corrected chi connectivity index (χ4v) is 1.27. The first-order valence-electron chi connectivity index (χ1n) is 5.95. The first-order valence-corrected chi connectivity index (χ1v) is 5.95. The van der Waals surface area contributed by atoms with Gasteiger partial charge in [-0.2, -0.15) is 0 Å². The highest BCUT2D eigenvalue weighted by Gasteiger charge is 2.12. The zero-order valence-corrected chi connectivity index (χ0v) is 11.9. The first kappa shape index (κ1) is 17.2. The Morgan fingerprint density at radius 3 is 0.875 bits per heavy atom. The van der Waals surface area contributed by atoms with Crippen molar-refractivity contribution in [2.45, 2.75) is 55.4 Å². The molecule has 0 aliphatic carbocycles. The number of hydrogen-bond donors (Lipinski definition) is 2. The van der Waals surface area contributed by atoms with Gasteiger partial charge in [0.1, 0.15) is 0 Å². The van der Waals surface area contributed by atoms with Crippen molar-refractivity contribution in [2.24, 2.45) is 0 Å². The van der Waals surface area contributed by atoms with Gasteiger partial charge in [0.2, 0.25) is 0 Å². The fourth-order valence-electron chi connectivity index (χ4n) is 1.27. The third-order valence-corrected chi connectivity index (χ3v) is 2.62. The Kier molecular flexibility index (Phi) is 8.64. The van der Waals surface area contributed by atoms with Gasteiger partial charge in [-0.15, -0.1) is 0 Å². The fraction of sp³-hybridized carbons (Fsp3) is 0.571. The number of rotatable bonds is 0. The zero-order valence-electron chi connectivity index (χ0n) is 11.9. The predicted octanol–water partition coefficient (Wildman–Crippen LogP) is 4.38. The van der Waals surface area contributed by atoms with E-state index in [-0.39, 0.29) is 11.5 Å². The molecule has 0 atom stereocenters. The molecule has 0 spiro atoms. The lowest BCUT2D eigenvalue weighted by molar-refractivity contribution is 0.397. The molecule has 2 N–H and O–H groups in total. The average molecular weight is 226 g/mol. The summed E-state index contributed by atoms with van der Waals surface area (Å²) in [5, 5.41) is 18.9. The molecule has 0 fully saturated rings. The highest BCUT2D eigenvalue weighted by atomic mass is 16.3. The molecule has 2 heteroatoms. The van der Waals surface area contributed by atoms with Crippen LogP contribution in [0.5, 0.6) is 11.5 Å². The number of benzene rings is 1. The van der Waals surface area contributed by atoms with Crippen molar-refractivity contribution in [2.75, 3.05) is 0 Å². The summed E-state index contributed by atoms with van der Waals surface area (Å²) in [5.74, 6) is 0.0196. The maximum atomic E-state index is 9.44. The monoisotopic (exact) mass is 226 g/mol. The first-order chi connectivity index (χ1) is 7.46. The van der Waals surface area contributed by atoms with Gasteiger partial charge < -0.3 is 10.2 Å². The van der Waals surface area contributed by atoms with Crippen LogP contribution in [0.4, 0.5) is 0 Å². The molecular formula is C14H26O2. The maximum absolute atomic E-state index is 9.44. The minimum Gasteiger partial charge on any atom is -0.504 e. The van der Waals surface area contributed by atoms with Gasteiger partial charge in [-0.05, 0) is 49.9 Å². The second-order valence-electron chi connectivity index (χ2n) is 3.20. The molecule has 0 unspecified atom stereocenters. The van der Waals surface area contributed by atoms with Crippen molar-refractivity contribution in [3.05, 3.63) is 22.3 Å². The average Bonchev–Trinajstić information content (AvgIpc) is 2.36. The molecular weight excluding hydrogens is 200 g/mol. The van der Waals surface area contributed by atoms with Crippen molar-refractivity contribution in [3.8, 4) is 11.5 Å². The molecule has 0 heterocycles. The Balaban J connectivity index is 0. The molecule has 1 aromatic carbocycles. The predicted molar refractivity (Wildman–Crippen MR) is 71.4 cm³/mol. The molecule has 0 aliphatic heterocycles. The molecule has 1 rings (SSSR count). The lowest BCUT2D eigenvalue weighted by atomic mass is 9.98. The SMILES string of the molecule is CC.CC.Cc1c(C)c(C)c(O)c(O)c1C. The van der Waals surface area contributed by atoms with Crippen LogP contribution in [0.15, 0.2) is 0 Å². The Labute approximate surface area is 100.0 Å². The Bertz CT molecular complexity index is 223. The van der Waals surface area contributed by atoms with E-state index in [1.807, 2.05) is 41.5 Å². The standard InChI is InChI=1S/C10H14O2.2C2H6/c1-5-6(2)8(4)10(12)9(11)7(5)3;2*1-2/h11-12H,1-4H3;2*1-2H3. The minimum absolute atomic E-state index is 0.00981. The quantitative estimate of drug-likeness (QED) is 0.644. The van der Waals surface area contributed by atoms with Crippen LogP contribution in [0.3, 0.4) is 0 Å². The number of aromatic hydroxyl groups is 2. The topological polar surface area (TPSA) is 40.5 Å². The number of phenolic OH excluding ortho intramolecular Hbond substituents is 2. The van der Waals surface area contributed by atoms with E-state index in [0.29, 0.717) is 0 Å². The Hall–Kier alpha value is -1.18. The minimum atomic E-state index is 0.00981. The van der Waals surface area contributed by atoms with Gasteiger partial charge >= 0.3 is 0 Å². The highest BCUT2D eigenvalue weighted by molar-refractivity contribution is 5.56. The number of phenols is 2. The van der Waals surface area contributed by atoms with Crippen LogP contribution in [0.1, 0.15) is 49.9 Å². The van der Waals surface area contributed by atoms with E-state index < -0.39 is 0 Å². The molecule has 16 heavy (non-hydrogen) atoms. The molecule has 0 aliphatic rings. The van der Waals surface area contributed by atoms with Gasteiger partial charge in [0.25, 0.3) is 0 Å². The van der Waals surface area contributed by atoms with Gasteiger partial charge in [0.15, 0.2) is 11.5 Å². The van der Waals surface area contributed by atoms with Crippen LogP contribution in [-0.4, -0.2) is 10.2 Å². The summed E-state index contributed by atoms with van der Waals surface area (Å²) in [4.78, 5) is 0. The molecule has 0 radical (unpaired) electrons. The largest absolute Gasteiger partial charge is 0.504 e. The summed E-state index contributed by atoms with van der Waals surface area (Å²) in [7, 11) is 0. The summed E-state index contributed by atoms with van der Waals surface area (Å²) in [6, 6.07) is 0. The lowest BCUT2D eigenvalue weighted by Gasteiger charge is -2.12. The summed E-state index contributed by atoms with van der Waals surface area (Å²) in [5.41, 5.74) is 3.61. The van der Waals surface area contributed by atoms with E-state index in [9.17, 15) is 10.2 Å². The summed E-state index contributed by atoms with van der Waals surface area (Å²) >= 11 is 0. The summed E-state index contributed by atoms with van der Waals surface area (Å²) < 4.78 is 0. The zero-order chi connectivity index (χ0) is 13.5. The second kappa shape index (κ2) is 8.03. The van der Waals surface area contributed by atoms with Crippen molar-refractivity contribution in [1.29, 1.82) is 0 Å². The van der Waals surface area contributed by atoms with Crippen molar-refractivity contribution < 1.29 is 10.2 Å². The Morgan fingerprint density at radius 1 is 0.500 bits per heavy atom. The van der Waals surface area contributed by atoms with Crippen LogP contribution < -0.4 is 0 Å². The summed E-state index contributed by atoms with van der Waals surface area (Å²) in [6.07, 6.45) is 0. The third-order valence-electron chi connectivity index (χ3n) is 2.62. The molecule has 0 amide bonds. The van der Waals surface area contributed by atoms with E-state index in [0.717, 1.165) is 22.3 Å². The van der Waals surface area contributed by atoms with E-state index in [1.54, 1.807) is 13.8 Å². The van der Waals surface area contributed by atoms with Gasteiger partial charge in [0.05, 0.1) is 0 Å². The Morgan fingerprint density at radius 2 is 0.688 bits per heavy atom. The second-order valence-corrected chi connectivity index (χ2v) is 3.20. The van der Waals surface area contributed by atoms with E-state index in [4.69, 9.17) is 0 Å². The number of hydrogen-bond acceptors (Lipinski definition) is 2. The van der Waals surface area contributed by atoms with Crippen LogP contribution in [-0.2, 0) is 0 Å². The lowest BCUT2D eigenvalue weighted by Crippen LogP contribution is -1.92. The summed E-state index contributed by atoms with van der Waals surface area (Å²) in [6.45, 7) is 15.5. The van der Waals surface area contributed by atoms with Gasteiger partial charge in [0, 0.05) is 0 Å². The van der Waals surface area contributed by atoms with Crippen LogP contribution in [0, 0.1) is 27.7 Å². The van der Waals surface area contributed by atoms with E-state index >= 15 is 0 Å². The van der Waals surface area contributed by atoms with Crippen LogP contribution >= 0.6 is 0 Å². The maximum Gasteiger partial charge on any atom is 0.160 e. The molecule has 0 saturated carbocycles. The molecule has 2 nitrogen and oxygen atoms in total. The molecule has 1 aromatic rings. The van der Waals surface area contributed by atoms with E-state index in [2.05, 4.69) is 0 Å². The van der Waals surface area contributed by atoms with Crippen LogP contribution in [0.25, 0.3) is 0 Å². The van der Waals surface area contributed by atoms with Crippen molar-refractivity contribution >= 4 is 0 Å². The van der Waals surface area contributed by atoms with Crippen LogP contribution in [0.2, 0.25) is 0 Å². The molecule has 94 valence electrons.